The maximum absolute atomic E-state index is 11.8. The van der Waals surface area contributed by atoms with Crippen LogP contribution in [0.15, 0.2) is 33.6 Å². The third kappa shape index (κ3) is 3.27. The molecule has 0 saturated carbocycles. The number of nitrogens with two attached hydrogens (primary N) is 3. The number of nitrogen functional groups attached to an aromatic ring is 1. The Balaban J connectivity index is 2.40. The van der Waals surface area contributed by atoms with Gasteiger partial charge in [0.1, 0.15) is 0 Å². The molecule has 0 bridgehead atoms. The second-order valence-electron chi connectivity index (χ2n) is 4.39. The zero-order valence-corrected chi connectivity index (χ0v) is 12.8. The molecule has 0 saturated heterocycles. The van der Waals surface area contributed by atoms with E-state index in [-0.39, 0.29) is 10.6 Å². The monoisotopic (exact) mass is 338 g/mol. The van der Waals surface area contributed by atoms with Crippen molar-refractivity contribution in [3.63, 3.8) is 0 Å². The van der Waals surface area contributed by atoms with Crippen molar-refractivity contribution in [3.8, 4) is 5.69 Å². The molecule has 11 nitrogen and oxygen atoms in total. The molecule has 2 aromatic rings. The molecular weight excluding hydrogens is 324 g/mol. The number of nitrogens with one attached hydrogen (secondary N) is 1. The van der Waals surface area contributed by atoms with Crippen LogP contribution in [0.3, 0.4) is 0 Å². The van der Waals surface area contributed by atoms with Crippen LogP contribution in [0.1, 0.15) is 16.2 Å². The molecule has 1 amide bonds. The fourth-order valence-electron chi connectivity index (χ4n) is 1.80. The highest BCUT2D eigenvalue weighted by Gasteiger charge is 2.17. The topological polar surface area (TPSA) is 184 Å². The summed E-state index contributed by atoms with van der Waals surface area (Å²) in [6.45, 7) is 1.62. The Labute approximate surface area is 131 Å². The van der Waals surface area contributed by atoms with E-state index in [1.165, 1.54) is 28.9 Å². The molecule has 0 fully saturated rings. The number of carbonyl (C=O) groups excluding carboxylic acids is 1. The summed E-state index contributed by atoms with van der Waals surface area (Å²) in [5.74, 6) is 3.91. The van der Waals surface area contributed by atoms with E-state index >= 15 is 0 Å². The minimum absolute atomic E-state index is 0.0599. The van der Waals surface area contributed by atoms with E-state index in [0.717, 1.165) is 0 Å². The van der Waals surface area contributed by atoms with E-state index in [9.17, 15) is 13.2 Å². The van der Waals surface area contributed by atoms with E-state index in [2.05, 4.69) is 14.7 Å². The van der Waals surface area contributed by atoms with Crippen molar-refractivity contribution in [1.82, 2.24) is 20.4 Å². The van der Waals surface area contributed by atoms with E-state index in [1.807, 2.05) is 5.43 Å². The average Bonchev–Trinajstić information content (AvgIpc) is 2.87. The lowest BCUT2D eigenvalue weighted by Crippen LogP contribution is -2.30. The molecule has 0 atom stereocenters. The van der Waals surface area contributed by atoms with Gasteiger partial charge in [0.15, 0.2) is 5.69 Å². The number of hydrogen-bond donors (Lipinski definition) is 4. The normalized spacial score (nSPS) is 11.0. The molecule has 0 unspecified atom stereocenters. The van der Waals surface area contributed by atoms with E-state index < -0.39 is 21.9 Å². The number of aromatic nitrogens is 3. The summed E-state index contributed by atoms with van der Waals surface area (Å²) < 4.78 is 28.2. The van der Waals surface area contributed by atoms with Crippen LogP contribution in [-0.2, 0) is 10.0 Å². The van der Waals surface area contributed by atoms with Gasteiger partial charge < -0.3 is 11.5 Å². The van der Waals surface area contributed by atoms with Gasteiger partial charge in [0.2, 0.25) is 5.96 Å². The van der Waals surface area contributed by atoms with Gasteiger partial charge in [0, 0.05) is 0 Å². The largest absolute Gasteiger partial charge is 0.369 e. The number of amides is 1. The molecule has 2 rings (SSSR count). The second kappa shape index (κ2) is 6.02. The summed E-state index contributed by atoms with van der Waals surface area (Å²) in [6, 6.07) is 5.56. The summed E-state index contributed by atoms with van der Waals surface area (Å²) in [5.41, 5.74) is 13.1. The first-order valence-corrected chi connectivity index (χ1v) is 7.60. The van der Waals surface area contributed by atoms with E-state index in [4.69, 9.17) is 17.3 Å². The van der Waals surface area contributed by atoms with Gasteiger partial charge in [0.05, 0.1) is 16.3 Å². The van der Waals surface area contributed by atoms with Crippen LogP contribution in [0.25, 0.3) is 5.69 Å². The lowest BCUT2D eigenvalue weighted by atomic mass is 10.3. The maximum Gasteiger partial charge on any atom is 0.287 e. The number of rotatable bonds is 4. The Morgan fingerprint density at radius 2 is 1.87 bits per heavy atom. The van der Waals surface area contributed by atoms with E-state index in [1.54, 1.807) is 6.92 Å². The lowest BCUT2D eigenvalue weighted by molar-refractivity contribution is 0.0948. The smallest absolute Gasteiger partial charge is 0.287 e. The van der Waals surface area contributed by atoms with Crippen molar-refractivity contribution >= 4 is 21.9 Å². The Kier molecular flexibility index (Phi) is 4.29. The van der Waals surface area contributed by atoms with Crippen LogP contribution in [-0.4, -0.2) is 35.3 Å². The lowest BCUT2D eigenvalue weighted by Gasteiger charge is -2.05. The van der Waals surface area contributed by atoms with Gasteiger partial charge in [-0.25, -0.2) is 10.5 Å². The molecule has 0 radical (unpaired) electrons. The predicted octanol–water partition coefficient (Wildman–Crippen LogP) is -1.86. The van der Waals surface area contributed by atoms with Gasteiger partial charge in [-0.05, 0) is 31.2 Å². The molecule has 1 aromatic carbocycles. The molecule has 12 heteroatoms. The molecule has 23 heavy (non-hydrogen) atoms. The van der Waals surface area contributed by atoms with Crippen LogP contribution in [0.5, 0.6) is 0 Å². The first kappa shape index (κ1) is 16.4. The summed E-state index contributed by atoms with van der Waals surface area (Å²) >= 11 is 0. The third-order valence-electron chi connectivity index (χ3n) is 2.85. The Bertz CT molecular complexity index is 865. The molecule has 122 valence electrons. The van der Waals surface area contributed by atoms with Gasteiger partial charge in [-0.2, -0.15) is 8.42 Å². The molecular formula is C11H14N8O3S. The number of guanidine groups is 1. The molecule has 7 N–H and O–H groups in total. The van der Waals surface area contributed by atoms with Crippen LogP contribution >= 0.6 is 0 Å². The summed E-state index contributed by atoms with van der Waals surface area (Å²) in [4.78, 5) is 11.4. The molecule has 0 aliphatic rings. The fraction of sp³-hybridized carbons (Fsp3) is 0.0909. The van der Waals surface area contributed by atoms with Crippen LogP contribution in [0.2, 0.25) is 0 Å². The third-order valence-corrected chi connectivity index (χ3v) is 4.16. The zero-order chi connectivity index (χ0) is 17.2. The highest BCUT2D eigenvalue weighted by molar-refractivity contribution is 7.90. The van der Waals surface area contributed by atoms with Gasteiger partial charge in [-0.1, -0.05) is 5.21 Å². The summed E-state index contributed by atoms with van der Waals surface area (Å²) in [6.07, 6.45) is 0. The quantitative estimate of drug-likeness (QED) is 0.164. The summed E-state index contributed by atoms with van der Waals surface area (Å²) in [7, 11) is -3.97. The first-order chi connectivity index (χ1) is 10.8. The average molecular weight is 338 g/mol. The van der Waals surface area contributed by atoms with Crippen molar-refractivity contribution in [1.29, 1.82) is 0 Å². The van der Waals surface area contributed by atoms with Crippen LogP contribution in [0, 0.1) is 6.92 Å². The highest BCUT2D eigenvalue weighted by atomic mass is 32.2. The minimum Gasteiger partial charge on any atom is -0.369 e. The Morgan fingerprint density at radius 3 is 2.39 bits per heavy atom. The molecule has 0 spiro atoms. The SMILES string of the molecule is Cc1c(C(=O)NN)nnn1-c1ccc(S(=O)(=O)N=C(N)N)cc1. The standard InChI is InChI=1S/C11H14N8O3S/c1-6-9(10(20)15-14)16-18-19(6)7-2-4-8(5-3-7)23(21,22)17-11(12)13/h2-5H,14H2,1H3,(H,15,20)(H4,12,13,17). The first-order valence-electron chi connectivity index (χ1n) is 6.16. The van der Waals surface area contributed by atoms with Gasteiger partial charge in [0.25, 0.3) is 15.9 Å². The van der Waals surface area contributed by atoms with Crippen LogP contribution < -0.4 is 22.7 Å². The number of carbonyl (C=O) groups is 1. The number of hydrazine groups is 1. The minimum atomic E-state index is -3.97. The zero-order valence-electron chi connectivity index (χ0n) is 12.0. The predicted molar refractivity (Wildman–Crippen MR) is 80.7 cm³/mol. The molecule has 0 aliphatic carbocycles. The summed E-state index contributed by atoms with van der Waals surface area (Å²) in [5, 5.41) is 7.55. The van der Waals surface area contributed by atoms with Crippen molar-refractivity contribution < 1.29 is 13.2 Å². The van der Waals surface area contributed by atoms with Gasteiger partial charge >= 0.3 is 0 Å². The van der Waals surface area contributed by atoms with Gasteiger partial charge in [-0.3, -0.25) is 10.2 Å². The number of hydrogen-bond acceptors (Lipinski definition) is 6. The van der Waals surface area contributed by atoms with Gasteiger partial charge in [-0.15, -0.1) is 9.50 Å². The maximum atomic E-state index is 11.8. The van der Waals surface area contributed by atoms with Crippen molar-refractivity contribution in [3.05, 3.63) is 35.7 Å². The van der Waals surface area contributed by atoms with E-state index in [0.29, 0.717) is 11.4 Å². The molecule has 1 heterocycles. The molecule has 0 aliphatic heterocycles. The second-order valence-corrected chi connectivity index (χ2v) is 6.00. The Hall–Kier alpha value is -2.99. The number of benzene rings is 1. The van der Waals surface area contributed by atoms with Crippen molar-refractivity contribution in [2.24, 2.45) is 21.7 Å². The Morgan fingerprint density at radius 1 is 1.26 bits per heavy atom. The number of nitrogens with zero attached hydrogens (tertiary/aromatic N) is 4. The fourth-order valence-corrected chi connectivity index (χ4v) is 2.67. The van der Waals surface area contributed by atoms with Crippen molar-refractivity contribution in [2.45, 2.75) is 11.8 Å². The van der Waals surface area contributed by atoms with Crippen LogP contribution in [0.4, 0.5) is 0 Å². The van der Waals surface area contributed by atoms with Crippen molar-refractivity contribution in [2.75, 3.05) is 0 Å². The molecule has 1 aromatic heterocycles. The number of sulfonamides is 1. The highest BCUT2D eigenvalue weighted by Crippen LogP contribution is 2.17.